The van der Waals surface area contributed by atoms with Gasteiger partial charge in [-0.15, -0.1) is 0 Å². The Kier molecular flexibility index (Phi) is 24.6. The number of benzene rings is 4. The molecule has 12 heterocycles. The Labute approximate surface area is 678 Å². The lowest BCUT2D eigenvalue weighted by atomic mass is 10.0. The molecular weight excluding hydrogens is 1530 g/mol. The number of carbonyl (C=O) groups is 8. The zero-order valence-electron chi connectivity index (χ0n) is 63.7. The van der Waals surface area contributed by atoms with Crippen LogP contribution in [0.5, 0.6) is 23.0 Å². The van der Waals surface area contributed by atoms with Gasteiger partial charge < -0.3 is 51.0 Å². The lowest BCUT2D eigenvalue weighted by Gasteiger charge is -2.29. The minimum Gasteiger partial charge on any atom is -0.489 e. The van der Waals surface area contributed by atoms with Crippen molar-refractivity contribution in [2.45, 2.75) is 159 Å². The van der Waals surface area contributed by atoms with Gasteiger partial charge in [-0.2, -0.15) is 47.4 Å². The van der Waals surface area contributed by atoms with Crippen LogP contribution in [0.15, 0.2) is 84.9 Å². The first-order valence-corrected chi connectivity index (χ1v) is 36.9. The number of aryl methyl sites for hydroxylation is 8. The molecule has 610 valence electrons. The van der Waals surface area contributed by atoms with E-state index >= 15 is 0 Å². The Morgan fingerprint density at radius 2 is 0.595 bits per heavy atom. The predicted octanol–water partition coefficient (Wildman–Crippen LogP) is 9.81. The monoisotopic (exact) mass is 1620 g/mol. The molecule has 4 atom stereocenters. The Hall–Kier alpha value is -13.0. The zero-order chi connectivity index (χ0) is 78.8. The Morgan fingerprint density at radius 1 is 0.371 bits per heavy atom. The maximum absolute atomic E-state index is 13.6. The van der Waals surface area contributed by atoms with E-state index in [-0.39, 0.29) is 138 Å². The normalized spacial score (nSPS) is 15.3. The van der Waals surface area contributed by atoms with Crippen LogP contribution in [-0.2, 0) is 26.2 Å². The summed E-state index contributed by atoms with van der Waals surface area (Å²) in [6, 6.07) is 18.7. The quantitative estimate of drug-likeness (QED) is 0.0195. The van der Waals surface area contributed by atoms with Crippen molar-refractivity contribution in [3.05, 3.63) is 153 Å². The second-order valence-electron chi connectivity index (χ2n) is 27.9. The fraction of sp³-hybridized carbons (Fsp3) is 0.359. The SMILES string of the molecule is C.C.CCn1nc(C)cc1C(=O)Nc1nc2cc(C(N)=O)cc3c2n1[C@@H](C/C=C/C[C@H]1COc2cc(C(N)=O)cc4nc(NC(=O)c5cc(C)nn5CC)n1c24)CO3.CCn1nc(C)cc1C(=O)Nc1nc2cc(C(N)=O)cc3c2n1[C@@H](CCCC[C@H]1COc2cc(C(N)=O)cc4nc(NC(=O)c5cc(C)nn5CC)n1c24)CO3.S.S. The lowest BCUT2D eigenvalue weighted by Crippen LogP contribution is -2.27. The molecule has 0 spiro atoms. The van der Waals surface area contributed by atoms with E-state index in [2.05, 4.69) is 41.7 Å². The van der Waals surface area contributed by atoms with Gasteiger partial charge in [0.05, 0.1) is 69.0 Å². The minimum absolute atomic E-state index is 0. The number of hydrogen-bond acceptors (Lipinski definition) is 20. The fourth-order valence-electron chi connectivity index (χ4n) is 15.2. The first-order valence-electron chi connectivity index (χ1n) is 36.9. The molecule has 4 aliphatic heterocycles. The van der Waals surface area contributed by atoms with E-state index in [1.165, 1.54) is 0 Å². The average molecular weight is 1620 g/mol. The molecule has 4 aliphatic rings. The Morgan fingerprint density at radius 3 is 0.819 bits per heavy atom. The average Bonchev–Trinajstić information content (AvgIpc) is 1.60. The number of anilines is 4. The molecule has 0 fully saturated rings. The molecule has 12 aromatic rings. The van der Waals surface area contributed by atoms with E-state index in [1.54, 1.807) is 91.5 Å². The number of carbonyl (C=O) groups excluding carboxylic acids is 8. The molecule has 116 heavy (non-hydrogen) atoms. The van der Waals surface area contributed by atoms with Crippen molar-refractivity contribution in [3.8, 4) is 23.0 Å². The highest BCUT2D eigenvalue weighted by Crippen LogP contribution is 2.44. The topological polar surface area (TPSA) is 468 Å². The Balaban J connectivity index is 0.000000220. The summed E-state index contributed by atoms with van der Waals surface area (Å²) in [7, 11) is 0. The number of imidazole rings is 4. The van der Waals surface area contributed by atoms with Gasteiger partial charge in [0.15, 0.2) is 0 Å². The number of aromatic nitrogens is 16. The van der Waals surface area contributed by atoms with Crippen molar-refractivity contribution in [1.82, 2.24) is 77.3 Å². The summed E-state index contributed by atoms with van der Waals surface area (Å²) in [6.07, 6.45) is 7.89. The molecule has 4 aromatic carbocycles. The number of amides is 8. The zero-order valence-corrected chi connectivity index (χ0v) is 65.7. The van der Waals surface area contributed by atoms with Crippen molar-refractivity contribution >= 4 is 142 Å². The third kappa shape index (κ3) is 15.8. The van der Waals surface area contributed by atoms with Gasteiger partial charge in [0.1, 0.15) is 94.3 Å². The third-order valence-corrected chi connectivity index (χ3v) is 20.3. The number of unbranched alkanes of at least 4 members (excludes halogenated alkanes) is 1. The summed E-state index contributed by atoms with van der Waals surface area (Å²) in [5.74, 6) is -0.881. The van der Waals surface area contributed by atoms with Crippen LogP contribution in [0.2, 0.25) is 0 Å². The minimum atomic E-state index is -0.623. The first kappa shape index (κ1) is 83.9. The molecule has 38 heteroatoms. The van der Waals surface area contributed by atoms with Crippen LogP contribution in [0.4, 0.5) is 23.8 Å². The molecule has 8 amide bonds. The molecule has 0 saturated heterocycles. The van der Waals surface area contributed by atoms with Crippen molar-refractivity contribution < 1.29 is 57.3 Å². The summed E-state index contributed by atoms with van der Waals surface area (Å²) in [5, 5.41) is 29.5. The predicted molar refractivity (Wildman–Crippen MR) is 445 cm³/mol. The van der Waals surface area contributed by atoms with Crippen LogP contribution in [0, 0.1) is 27.7 Å². The molecule has 0 unspecified atom stereocenters. The maximum atomic E-state index is 13.6. The summed E-state index contributed by atoms with van der Waals surface area (Å²) >= 11 is 0. The number of hydrogen-bond donors (Lipinski definition) is 8. The van der Waals surface area contributed by atoms with Crippen molar-refractivity contribution in [2.75, 3.05) is 47.7 Å². The molecule has 12 N–H and O–H groups in total. The van der Waals surface area contributed by atoms with Gasteiger partial charge in [-0.05, 0) is 154 Å². The van der Waals surface area contributed by atoms with E-state index in [0.717, 1.165) is 24.2 Å². The number of nitrogens with zero attached hydrogens (tertiary/aromatic N) is 16. The molecule has 0 saturated carbocycles. The number of primary amides is 4. The van der Waals surface area contributed by atoms with E-state index < -0.39 is 23.6 Å². The molecule has 36 nitrogen and oxygen atoms in total. The van der Waals surface area contributed by atoms with Gasteiger partial charge >= 0.3 is 0 Å². The summed E-state index contributed by atoms with van der Waals surface area (Å²) in [6.45, 7) is 18.0. The summed E-state index contributed by atoms with van der Waals surface area (Å²) in [4.78, 5) is 122. The second-order valence-corrected chi connectivity index (χ2v) is 27.9. The molecule has 8 aromatic heterocycles. The largest absolute Gasteiger partial charge is 0.489 e. The highest BCUT2D eigenvalue weighted by molar-refractivity contribution is 7.59. The standard InChI is InChI=1S/C38H42N12O6.C38H40N12O6.2CH4.2H2S/c2*1-5-47-27(11-19(3)45-47)35(53)43-37-41-25-13-21(33(39)51)15-29-31(25)49(37)23(17-55-29)9-7-8-10-24-18-56-30-16-22(34(40)52)14-26-32(30)50(24)38(42-26)44-36(54)28-12-20(4)46-48(28)6-2;;;;/h11-16,23-24H,5-10,17-18H2,1-4H3,(H2,39,51)(H2,40,52)(H,41,43,53)(H,42,44,54);7-8,11-16,23-24H,5-6,9-10,17-18H2,1-4H3,(H2,39,51)(H2,40,52)(H,41,43,53)(H,42,44,54);2*1H4;2*1H2/b;8-7+;;;;/t2*23-,24-;;;;/m00..../s1. The maximum Gasteiger partial charge on any atom is 0.276 e. The van der Waals surface area contributed by atoms with Crippen LogP contribution in [0.25, 0.3) is 44.1 Å². The van der Waals surface area contributed by atoms with Gasteiger partial charge in [-0.1, -0.05) is 39.8 Å². The van der Waals surface area contributed by atoms with Gasteiger partial charge in [-0.3, -0.25) is 87.5 Å². The van der Waals surface area contributed by atoms with E-state index in [4.69, 9.17) is 61.8 Å². The molecular formula is C78H94N24O12S2. The highest BCUT2D eigenvalue weighted by Gasteiger charge is 2.36. The van der Waals surface area contributed by atoms with Gasteiger partial charge in [0, 0.05) is 48.4 Å². The van der Waals surface area contributed by atoms with Crippen LogP contribution >= 0.6 is 27.0 Å². The van der Waals surface area contributed by atoms with Gasteiger partial charge in [0.25, 0.3) is 23.6 Å². The molecule has 0 aliphatic carbocycles. The van der Waals surface area contributed by atoms with Crippen LogP contribution in [0.3, 0.4) is 0 Å². The van der Waals surface area contributed by atoms with Crippen molar-refractivity contribution in [2.24, 2.45) is 22.9 Å². The first-order chi connectivity index (χ1) is 53.9. The molecule has 16 rings (SSSR count). The van der Waals surface area contributed by atoms with Gasteiger partial charge in [-0.25, -0.2) is 19.9 Å². The number of nitrogens with one attached hydrogen (secondary N) is 4. The lowest BCUT2D eigenvalue weighted by molar-refractivity contribution is 0.0991. The molecule has 0 radical (unpaired) electrons. The number of ether oxygens (including phenoxy) is 4. The van der Waals surface area contributed by atoms with Crippen LogP contribution in [0.1, 0.15) is 211 Å². The van der Waals surface area contributed by atoms with E-state index in [1.807, 2.05) is 85.8 Å². The number of allylic oxidation sites excluding steroid dienone is 2. The van der Waals surface area contributed by atoms with E-state index in [9.17, 15) is 38.4 Å². The second kappa shape index (κ2) is 34.0. The Bertz CT molecular complexity index is 5580. The smallest absolute Gasteiger partial charge is 0.276 e. The number of nitrogens with two attached hydrogens (primary N) is 4. The molecule has 0 bridgehead atoms. The van der Waals surface area contributed by atoms with Crippen LogP contribution in [-0.4, -0.2) is 151 Å². The van der Waals surface area contributed by atoms with Crippen LogP contribution < -0.4 is 63.1 Å². The fourth-order valence-corrected chi connectivity index (χ4v) is 15.2. The number of rotatable bonds is 25. The van der Waals surface area contributed by atoms with Crippen molar-refractivity contribution in [1.29, 1.82) is 0 Å². The third-order valence-electron chi connectivity index (χ3n) is 20.3. The summed E-state index contributed by atoms with van der Waals surface area (Å²) in [5.41, 5.74) is 32.4. The van der Waals surface area contributed by atoms with Crippen molar-refractivity contribution in [3.63, 3.8) is 0 Å². The van der Waals surface area contributed by atoms with Gasteiger partial charge in [0.2, 0.25) is 47.4 Å². The summed E-state index contributed by atoms with van der Waals surface area (Å²) < 4.78 is 39.0. The van der Waals surface area contributed by atoms with E-state index in [0.29, 0.717) is 177 Å². The highest BCUT2D eigenvalue weighted by atomic mass is 32.1.